The number of ether oxygens (including phenoxy) is 3. The molecule has 0 aromatic rings. The molecule has 0 heterocycles. The maximum Gasteiger partial charge on any atom is 0.306 e. The summed E-state index contributed by atoms with van der Waals surface area (Å²) in [6.07, 6.45) is 71.7. The van der Waals surface area contributed by atoms with E-state index in [1.54, 1.807) is 0 Å². The molecule has 0 aliphatic heterocycles. The normalized spacial score (nSPS) is 12.6. The van der Waals surface area contributed by atoms with Gasteiger partial charge in [-0.25, -0.2) is 0 Å². The molecule has 0 fully saturated rings. The van der Waals surface area contributed by atoms with Crippen LogP contribution in [-0.2, 0) is 28.6 Å². The first-order valence-corrected chi connectivity index (χ1v) is 28.9. The van der Waals surface area contributed by atoms with Crippen molar-refractivity contribution < 1.29 is 28.6 Å². The fourth-order valence-corrected chi connectivity index (χ4v) is 8.18. The third-order valence-corrected chi connectivity index (χ3v) is 12.5. The van der Waals surface area contributed by atoms with Crippen molar-refractivity contribution in [3.63, 3.8) is 0 Å². The van der Waals surface area contributed by atoms with Gasteiger partial charge in [-0.05, 0) is 83.5 Å². The highest BCUT2D eigenvalue weighted by Crippen LogP contribution is 2.16. The second-order valence-electron chi connectivity index (χ2n) is 19.1. The summed E-state index contributed by atoms with van der Waals surface area (Å²) in [6.45, 7) is 6.43. The van der Waals surface area contributed by atoms with Gasteiger partial charge in [0.15, 0.2) is 6.10 Å². The van der Waals surface area contributed by atoms with Crippen LogP contribution in [0.5, 0.6) is 0 Å². The number of hydrogen-bond donors (Lipinski definition) is 0. The first kappa shape index (κ1) is 64.8. The van der Waals surface area contributed by atoms with E-state index in [9.17, 15) is 14.4 Å². The van der Waals surface area contributed by atoms with Crippen LogP contribution < -0.4 is 0 Å². The molecule has 0 spiro atoms. The minimum absolute atomic E-state index is 0.0767. The van der Waals surface area contributed by atoms with Crippen LogP contribution in [0.2, 0.25) is 0 Å². The summed E-state index contributed by atoms with van der Waals surface area (Å²) in [6, 6.07) is 0. The van der Waals surface area contributed by atoms with Gasteiger partial charge in [-0.3, -0.25) is 14.4 Å². The summed E-state index contributed by atoms with van der Waals surface area (Å²) in [5, 5.41) is 0. The Morgan fingerprint density at radius 2 is 0.574 bits per heavy atom. The van der Waals surface area contributed by atoms with Crippen LogP contribution in [0.3, 0.4) is 0 Å². The van der Waals surface area contributed by atoms with Gasteiger partial charge in [0.25, 0.3) is 0 Å². The topological polar surface area (TPSA) is 78.9 Å². The molecule has 0 rings (SSSR count). The third kappa shape index (κ3) is 53.8. The predicted molar refractivity (Wildman–Crippen MR) is 293 cm³/mol. The highest BCUT2D eigenvalue weighted by molar-refractivity contribution is 5.71. The molecular weight excluding hydrogens is 841 g/mol. The van der Waals surface area contributed by atoms with E-state index in [0.29, 0.717) is 19.3 Å². The van der Waals surface area contributed by atoms with E-state index < -0.39 is 6.10 Å². The molecule has 6 heteroatoms. The average Bonchev–Trinajstić information content (AvgIpc) is 3.34. The van der Waals surface area contributed by atoms with Crippen molar-refractivity contribution in [1.82, 2.24) is 0 Å². The molecule has 0 aliphatic carbocycles. The zero-order valence-electron chi connectivity index (χ0n) is 44.9. The smallest absolute Gasteiger partial charge is 0.306 e. The van der Waals surface area contributed by atoms with Gasteiger partial charge in [0.1, 0.15) is 13.2 Å². The summed E-state index contributed by atoms with van der Waals surface area (Å²) < 4.78 is 16.9. The molecule has 1 unspecified atom stereocenters. The van der Waals surface area contributed by atoms with Crippen molar-refractivity contribution in [2.75, 3.05) is 13.2 Å². The first-order chi connectivity index (χ1) is 33.5. The Balaban J connectivity index is 4.34. The monoisotopic (exact) mass is 949 g/mol. The highest BCUT2D eigenvalue weighted by Gasteiger charge is 2.19. The van der Waals surface area contributed by atoms with E-state index in [4.69, 9.17) is 14.2 Å². The van der Waals surface area contributed by atoms with Crippen molar-refractivity contribution in [2.45, 2.75) is 290 Å². The summed E-state index contributed by atoms with van der Waals surface area (Å²) >= 11 is 0. The van der Waals surface area contributed by atoms with Crippen LogP contribution in [0.1, 0.15) is 284 Å². The lowest BCUT2D eigenvalue weighted by atomic mass is 10.0. The van der Waals surface area contributed by atoms with E-state index in [0.717, 1.165) is 96.3 Å². The number of allylic oxidation sites excluding steroid dienone is 12. The van der Waals surface area contributed by atoms with Crippen LogP contribution in [-0.4, -0.2) is 37.2 Å². The van der Waals surface area contributed by atoms with Crippen LogP contribution >= 0.6 is 0 Å². The molecule has 0 N–H and O–H groups in total. The Kier molecular flexibility index (Phi) is 53.8. The number of hydrogen-bond acceptors (Lipinski definition) is 6. The molecule has 0 amide bonds. The maximum absolute atomic E-state index is 12.9. The third-order valence-electron chi connectivity index (χ3n) is 12.5. The number of carbonyl (C=O) groups is 3. The quantitative estimate of drug-likeness (QED) is 0.0262. The Hall–Kier alpha value is -3.15. The van der Waals surface area contributed by atoms with Gasteiger partial charge in [-0.2, -0.15) is 0 Å². The second-order valence-corrected chi connectivity index (χ2v) is 19.1. The van der Waals surface area contributed by atoms with Crippen LogP contribution in [0, 0.1) is 0 Å². The lowest BCUT2D eigenvalue weighted by Gasteiger charge is -2.18. The molecule has 68 heavy (non-hydrogen) atoms. The zero-order chi connectivity index (χ0) is 49.3. The summed E-state index contributed by atoms with van der Waals surface area (Å²) in [5.41, 5.74) is 0. The van der Waals surface area contributed by atoms with Gasteiger partial charge in [-0.15, -0.1) is 0 Å². The number of rotatable bonds is 52. The van der Waals surface area contributed by atoms with Gasteiger partial charge in [0.2, 0.25) is 0 Å². The molecule has 392 valence electrons. The SMILES string of the molecule is CC/C=C\C/C=C\C/C=C\CCCCCCCCCCCC(=O)OCC(COC(=O)CCCCCCCCCCCCCC)OC(=O)CCCCCCCCCCC/C=C\C/C=C\C/C=C\CC. The molecule has 0 aliphatic rings. The number of unbranched alkanes of at least 4 members (excludes halogenated alkanes) is 29. The van der Waals surface area contributed by atoms with E-state index in [2.05, 4.69) is 93.7 Å². The van der Waals surface area contributed by atoms with Gasteiger partial charge in [-0.1, -0.05) is 254 Å². The Morgan fingerprint density at radius 1 is 0.309 bits per heavy atom. The Bertz CT molecular complexity index is 1270. The van der Waals surface area contributed by atoms with Gasteiger partial charge in [0, 0.05) is 19.3 Å². The van der Waals surface area contributed by atoms with E-state index >= 15 is 0 Å². The molecule has 0 bridgehead atoms. The summed E-state index contributed by atoms with van der Waals surface area (Å²) in [7, 11) is 0. The van der Waals surface area contributed by atoms with Gasteiger partial charge in [0.05, 0.1) is 0 Å². The van der Waals surface area contributed by atoms with E-state index in [1.807, 2.05) is 0 Å². The summed E-state index contributed by atoms with van der Waals surface area (Å²) in [5.74, 6) is -0.878. The highest BCUT2D eigenvalue weighted by atomic mass is 16.6. The minimum atomic E-state index is -0.779. The predicted octanol–water partition coefficient (Wildman–Crippen LogP) is 19.4. The lowest BCUT2D eigenvalue weighted by molar-refractivity contribution is -0.167. The van der Waals surface area contributed by atoms with Crippen molar-refractivity contribution in [3.8, 4) is 0 Å². The molecule has 0 saturated carbocycles. The summed E-state index contributed by atoms with van der Waals surface area (Å²) in [4.78, 5) is 38.2. The lowest BCUT2D eigenvalue weighted by Crippen LogP contribution is -2.30. The Labute approximate surface area is 421 Å². The molecule has 0 aromatic carbocycles. The van der Waals surface area contributed by atoms with Crippen molar-refractivity contribution in [3.05, 3.63) is 72.9 Å². The van der Waals surface area contributed by atoms with Crippen molar-refractivity contribution in [1.29, 1.82) is 0 Å². The molecule has 0 saturated heterocycles. The largest absolute Gasteiger partial charge is 0.462 e. The van der Waals surface area contributed by atoms with E-state index in [1.165, 1.54) is 148 Å². The zero-order valence-corrected chi connectivity index (χ0v) is 44.9. The minimum Gasteiger partial charge on any atom is -0.462 e. The standard InChI is InChI=1S/C62H108O6/c1-4-7-10-13-16-19-22-25-27-29-31-33-35-37-40-43-46-49-52-55-61(64)67-58-59(57-66-60(63)54-51-48-45-42-39-24-21-18-15-12-9-6-3)68-62(65)56-53-50-47-44-41-38-36-34-32-30-28-26-23-20-17-14-11-8-5-2/h7-8,10-11,16-17,19-20,25-28,59H,4-6,9,12-15,18,21-24,29-58H2,1-3H3/b10-7-,11-8-,19-16-,20-17-,27-25-,28-26-. The maximum atomic E-state index is 12.9. The average molecular weight is 950 g/mol. The Morgan fingerprint density at radius 3 is 0.897 bits per heavy atom. The van der Waals surface area contributed by atoms with Crippen LogP contribution in [0.4, 0.5) is 0 Å². The molecule has 0 aromatic heterocycles. The van der Waals surface area contributed by atoms with Crippen LogP contribution in [0.15, 0.2) is 72.9 Å². The first-order valence-electron chi connectivity index (χ1n) is 28.9. The van der Waals surface area contributed by atoms with Gasteiger partial charge >= 0.3 is 17.9 Å². The second kappa shape index (κ2) is 56.4. The molecule has 6 nitrogen and oxygen atoms in total. The van der Waals surface area contributed by atoms with E-state index in [-0.39, 0.29) is 31.1 Å². The van der Waals surface area contributed by atoms with Gasteiger partial charge < -0.3 is 14.2 Å². The fourth-order valence-electron chi connectivity index (χ4n) is 8.18. The number of esters is 3. The number of carbonyl (C=O) groups excluding carboxylic acids is 3. The van der Waals surface area contributed by atoms with Crippen molar-refractivity contribution in [2.24, 2.45) is 0 Å². The van der Waals surface area contributed by atoms with Crippen LogP contribution in [0.25, 0.3) is 0 Å². The molecular formula is C62H108O6. The fraction of sp³-hybridized carbons (Fsp3) is 0.758. The van der Waals surface area contributed by atoms with Crippen molar-refractivity contribution >= 4 is 17.9 Å². The molecule has 0 radical (unpaired) electrons. The molecule has 1 atom stereocenters.